The van der Waals surface area contributed by atoms with Crippen LogP contribution in [-0.2, 0) is 30.1 Å². The normalized spacial score (nSPS) is 22.3. The van der Waals surface area contributed by atoms with E-state index in [2.05, 4.69) is 23.1 Å². The number of piperidine rings is 1. The van der Waals surface area contributed by atoms with E-state index in [1.807, 2.05) is 11.9 Å². The van der Waals surface area contributed by atoms with Gasteiger partial charge in [0.1, 0.15) is 0 Å². The summed E-state index contributed by atoms with van der Waals surface area (Å²) in [6.07, 6.45) is -4.13. The van der Waals surface area contributed by atoms with E-state index in [9.17, 15) is 36.2 Å². The maximum atomic E-state index is 13.6. The number of carboxylic acid groups (broad SMARTS) is 1. The summed E-state index contributed by atoms with van der Waals surface area (Å²) in [5.74, 6) is -1.06. The second-order valence-corrected chi connectivity index (χ2v) is 12.1. The van der Waals surface area contributed by atoms with Gasteiger partial charge in [-0.15, -0.1) is 0 Å². The Morgan fingerprint density at radius 3 is 2.22 bits per heavy atom. The summed E-state index contributed by atoms with van der Waals surface area (Å²) in [5.41, 5.74) is 0.880. The molecule has 0 aromatic heterocycles. The van der Waals surface area contributed by atoms with Gasteiger partial charge in [0, 0.05) is 37.2 Å². The highest BCUT2D eigenvalue weighted by molar-refractivity contribution is 5.69. The van der Waals surface area contributed by atoms with Gasteiger partial charge in [-0.2, -0.15) is 26.3 Å². The number of benzene rings is 2. The molecule has 0 N–H and O–H groups in total. The van der Waals surface area contributed by atoms with E-state index in [0.717, 1.165) is 49.8 Å². The van der Waals surface area contributed by atoms with Crippen LogP contribution in [0, 0.1) is 17.8 Å². The predicted octanol–water partition coefficient (Wildman–Crippen LogP) is 6.27. The van der Waals surface area contributed by atoms with Gasteiger partial charge in [-0.1, -0.05) is 19.1 Å². The van der Waals surface area contributed by atoms with Crippen molar-refractivity contribution in [3.05, 3.63) is 64.2 Å². The molecule has 2 aromatic rings. The quantitative estimate of drug-likeness (QED) is 0.362. The molecule has 3 atom stereocenters. The van der Waals surface area contributed by atoms with Crippen LogP contribution in [0.3, 0.4) is 0 Å². The van der Waals surface area contributed by atoms with Crippen molar-refractivity contribution in [1.82, 2.24) is 4.90 Å². The van der Waals surface area contributed by atoms with Crippen molar-refractivity contribution in [3.63, 3.8) is 0 Å². The number of rotatable bonds is 7. The second kappa shape index (κ2) is 11.2. The van der Waals surface area contributed by atoms with Crippen molar-refractivity contribution in [2.24, 2.45) is 17.8 Å². The van der Waals surface area contributed by atoms with Gasteiger partial charge >= 0.3 is 12.4 Å². The van der Waals surface area contributed by atoms with Crippen molar-refractivity contribution in [2.75, 3.05) is 25.0 Å². The first kappa shape index (κ1) is 29.7. The monoisotopic (exact) mass is 581 g/mol. The highest BCUT2D eigenvalue weighted by Crippen LogP contribution is 2.48. The molecule has 41 heavy (non-hydrogen) atoms. The molecule has 1 saturated carbocycles. The molecule has 1 unspecified atom stereocenters. The lowest BCUT2D eigenvalue weighted by Crippen LogP contribution is -2.46. The van der Waals surface area contributed by atoms with E-state index in [1.54, 1.807) is 6.92 Å². The Labute approximate surface area is 236 Å². The smallest absolute Gasteiger partial charge is 0.416 e. The standard InChI is InChI=1S/C31H36F6N2O2/c1-18(29(40)41)28(21-4-5-21)22-6-3-19-7-10-26(38(2)27(19)16-22)20-11-13-39(14-12-20)17-23-15-24(30(32,33)34)8-9-25(23)31(35,36)37/h3,6,8-9,15-16,18,20-21,26,28H,4-5,7,10-14,17H2,1-2H3,(H,40,41)/p-1/t18-,26?,28-/m0/s1. The van der Waals surface area contributed by atoms with Crippen LogP contribution < -0.4 is 10.0 Å². The van der Waals surface area contributed by atoms with E-state index in [1.165, 1.54) is 5.56 Å². The van der Waals surface area contributed by atoms with Crippen LogP contribution >= 0.6 is 0 Å². The molecule has 0 bridgehead atoms. The highest BCUT2D eigenvalue weighted by atomic mass is 19.4. The van der Waals surface area contributed by atoms with Gasteiger partial charge in [0.15, 0.2) is 0 Å². The van der Waals surface area contributed by atoms with Crippen LogP contribution in [0.4, 0.5) is 32.0 Å². The first-order chi connectivity index (χ1) is 19.2. The molecule has 2 heterocycles. The molecule has 2 aliphatic heterocycles. The van der Waals surface area contributed by atoms with Crippen LogP contribution in [0.25, 0.3) is 0 Å². The Bertz CT molecular complexity index is 1260. The molecule has 2 aromatic carbocycles. The van der Waals surface area contributed by atoms with E-state index in [0.29, 0.717) is 37.2 Å². The summed E-state index contributed by atoms with van der Waals surface area (Å²) in [6.45, 7) is 2.54. The third kappa shape index (κ3) is 6.37. The zero-order chi connectivity index (χ0) is 29.7. The first-order valence-electron chi connectivity index (χ1n) is 14.3. The third-order valence-electron chi connectivity index (χ3n) is 9.43. The second-order valence-electron chi connectivity index (χ2n) is 12.1. The number of halogens is 6. The fourth-order valence-electron chi connectivity index (χ4n) is 7.04. The van der Waals surface area contributed by atoms with E-state index >= 15 is 0 Å². The van der Waals surface area contributed by atoms with Crippen molar-refractivity contribution in [1.29, 1.82) is 0 Å². The number of carbonyl (C=O) groups excluding carboxylic acids is 1. The number of carbonyl (C=O) groups is 1. The largest absolute Gasteiger partial charge is 0.550 e. The average Bonchev–Trinajstić information content (AvgIpc) is 3.74. The molecule has 3 aliphatic rings. The van der Waals surface area contributed by atoms with Gasteiger partial charge in [0.25, 0.3) is 0 Å². The summed E-state index contributed by atoms with van der Waals surface area (Å²) >= 11 is 0. The Balaban J connectivity index is 1.28. The van der Waals surface area contributed by atoms with Crippen LogP contribution in [0.15, 0.2) is 36.4 Å². The Morgan fingerprint density at radius 1 is 0.951 bits per heavy atom. The number of anilines is 1. The predicted molar refractivity (Wildman–Crippen MR) is 141 cm³/mol. The van der Waals surface area contributed by atoms with Crippen molar-refractivity contribution < 1.29 is 36.2 Å². The molecular weight excluding hydrogens is 546 g/mol. The first-order valence-corrected chi connectivity index (χ1v) is 14.3. The van der Waals surface area contributed by atoms with Crippen molar-refractivity contribution in [2.45, 2.75) is 76.3 Å². The van der Waals surface area contributed by atoms with E-state index in [4.69, 9.17) is 0 Å². The van der Waals surface area contributed by atoms with Crippen molar-refractivity contribution in [3.8, 4) is 0 Å². The third-order valence-corrected chi connectivity index (χ3v) is 9.43. The summed E-state index contributed by atoms with van der Waals surface area (Å²) in [7, 11) is 2.05. The van der Waals surface area contributed by atoms with Crippen LogP contribution in [0.5, 0.6) is 0 Å². The number of aliphatic carboxylic acids is 1. The fraction of sp³-hybridized carbons (Fsp3) is 0.581. The maximum Gasteiger partial charge on any atom is 0.416 e. The molecule has 1 saturated heterocycles. The lowest BCUT2D eigenvalue weighted by molar-refractivity contribution is -0.311. The van der Waals surface area contributed by atoms with Crippen LogP contribution in [0.1, 0.15) is 72.8 Å². The molecule has 0 amide bonds. The highest BCUT2D eigenvalue weighted by Gasteiger charge is 2.40. The summed E-state index contributed by atoms with van der Waals surface area (Å²) in [5, 5.41) is 11.7. The summed E-state index contributed by atoms with van der Waals surface area (Å²) in [4.78, 5) is 15.8. The average molecular weight is 582 g/mol. The van der Waals surface area contributed by atoms with E-state index in [-0.39, 0.29) is 30.0 Å². The number of aryl methyl sites for hydroxylation is 1. The van der Waals surface area contributed by atoms with Gasteiger partial charge in [0.2, 0.25) is 0 Å². The topological polar surface area (TPSA) is 46.6 Å². The van der Waals surface area contributed by atoms with Gasteiger partial charge in [-0.05, 0) is 110 Å². The fourth-order valence-corrected chi connectivity index (χ4v) is 7.04. The van der Waals surface area contributed by atoms with Gasteiger partial charge < -0.3 is 14.8 Å². The zero-order valence-corrected chi connectivity index (χ0v) is 23.2. The molecule has 2 fully saturated rings. The molecular formula is C31H35F6N2O2-. The lowest BCUT2D eigenvalue weighted by Gasteiger charge is -2.44. The number of fused-ring (bicyclic) bond motifs is 1. The SMILES string of the molecule is C[C@H](C(=O)[O-])[C@H](c1ccc2c(c1)N(C)C(C1CCN(Cc3cc(C(F)(F)F)ccc3C(F)(F)F)CC1)CC2)C1CC1. The minimum absolute atomic E-state index is 0.0836. The number of nitrogens with zero attached hydrogens (tertiary/aromatic N) is 2. The number of alkyl halides is 6. The van der Waals surface area contributed by atoms with Gasteiger partial charge in [-0.3, -0.25) is 4.90 Å². The summed E-state index contributed by atoms with van der Waals surface area (Å²) < 4.78 is 80.4. The Morgan fingerprint density at radius 2 is 1.63 bits per heavy atom. The molecule has 0 radical (unpaired) electrons. The maximum absolute atomic E-state index is 13.6. The molecule has 0 spiro atoms. The molecule has 5 rings (SSSR count). The van der Waals surface area contributed by atoms with Crippen molar-refractivity contribution >= 4 is 11.7 Å². The number of hydrogen-bond donors (Lipinski definition) is 0. The Hall–Kier alpha value is -2.75. The molecule has 10 heteroatoms. The van der Waals surface area contributed by atoms with Gasteiger partial charge in [-0.25, -0.2) is 0 Å². The molecule has 1 aliphatic carbocycles. The number of carboxylic acids is 1. The number of hydrogen-bond acceptors (Lipinski definition) is 4. The lowest BCUT2D eigenvalue weighted by atomic mass is 9.79. The van der Waals surface area contributed by atoms with Crippen LogP contribution in [0.2, 0.25) is 0 Å². The number of likely N-dealkylation sites (tertiary alicyclic amines) is 1. The van der Waals surface area contributed by atoms with Gasteiger partial charge in [0.05, 0.1) is 11.1 Å². The Kier molecular flexibility index (Phi) is 8.09. The molecule has 4 nitrogen and oxygen atoms in total. The minimum Gasteiger partial charge on any atom is -0.550 e. The summed E-state index contributed by atoms with van der Waals surface area (Å²) in [6, 6.07) is 8.17. The van der Waals surface area contributed by atoms with E-state index < -0.39 is 35.4 Å². The zero-order valence-electron chi connectivity index (χ0n) is 23.2. The van der Waals surface area contributed by atoms with Crippen LogP contribution in [-0.4, -0.2) is 37.0 Å². The minimum atomic E-state index is -4.73. The molecule has 224 valence electrons.